The number of nitrogens with zero attached hydrogens (tertiary/aromatic N) is 1. The first-order valence-electron chi connectivity index (χ1n) is 6.05. The summed E-state index contributed by atoms with van der Waals surface area (Å²) in [5.41, 5.74) is 8.83. The Balaban J connectivity index is 2.06. The number of hydrogen-bond donors (Lipinski definition) is 1. The highest BCUT2D eigenvalue weighted by atomic mass is 35.5. The Labute approximate surface area is 116 Å². The van der Waals surface area contributed by atoms with E-state index in [2.05, 4.69) is 24.0 Å². The third-order valence-electron chi connectivity index (χ3n) is 3.19. The molecule has 0 aliphatic rings. The van der Waals surface area contributed by atoms with Gasteiger partial charge in [-0.25, -0.2) is 4.98 Å². The van der Waals surface area contributed by atoms with E-state index in [9.17, 15) is 0 Å². The van der Waals surface area contributed by atoms with Gasteiger partial charge in [-0.05, 0) is 18.6 Å². The van der Waals surface area contributed by atoms with Gasteiger partial charge in [0.25, 0.3) is 0 Å². The number of nitrogen functional groups attached to an aromatic ring is 1. The van der Waals surface area contributed by atoms with Crippen LogP contribution in [0.4, 0.5) is 5.69 Å². The predicted molar refractivity (Wildman–Crippen MR) is 77.4 cm³/mol. The Bertz CT molecular complexity index is 683. The molecule has 3 rings (SSSR count). The molecule has 0 radical (unpaired) electrons. The molecule has 4 heteroatoms. The van der Waals surface area contributed by atoms with Crippen molar-refractivity contribution in [3.05, 3.63) is 58.9 Å². The molecule has 96 valence electrons. The molecular weight excluding hydrogens is 260 g/mol. The summed E-state index contributed by atoms with van der Waals surface area (Å²) in [6.07, 6.45) is 0. The van der Waals surface area contributed by atoms with Gasteiger partial charge in [0, 0.05) is 6.07 Å². The second kappa shape index (κ2) is 4.59. The predicted octanol–water partition coefficient (Wildman–Crippen LogP) is 4.22. The minimum absolute atomic E-state index is 0.0913. The number of anilines is 1. The van der Waals surface area contributed by atoms with E-state index in [1.54, 1.807) is 12.1 Å². The van der Waals surface area contributed by atoms with Crippen molar-refractivity contribution in [1.29, 1.82) is 0 Å². The number of rotatable bonds is 2. The summed E-state index contributed by atoms with van der Waals surface area (Å²) in [5, 5.41) is 0.500. The highest BCUT2D eigenvalue weighted by Crippen LogP contribution is 2.30. The van der Waals surface area contributed by atoms with Crippen molar-refractivity contribution < 1.29 is 4.42 Å². The summed E-state index contributed by atoms with van der Waals surface area (Å²) in [4.78, 5) is 4.48. The molecule has 1 unspecified atom stereocenters. The van der Waals surface area contributed by atoms with Crippen molar-refractivity contribution in [1.82, 2.24) is 4.98 Å². The van der Waals surface area contributed by atoms with E-state index < -0.39 is 0 Å². The SMILES string of the molecule is CC(c1ccccc1)c1nc2cc(Cl)c(N)cc2o1. The minimum Gasteiger partial charge on any atom is -0.440 e. The molecule has 19 heavy (non-hydrogen) atoms. The average molecular weight is 273 g/mol. The molecule has 3 aromatic rings. The molecule has 1 atom stereocenters. The quantitative estimate of drug-likeness (QED) is 0.711. The zero-order valence-corrected chi connectivity index (χ0v) is 11.2. The first-order chi connectivity index (χ1) is 9.15. The van der Waals surface area contributed by atoms with Gasteiger partial charge in [-0.1, -0.05) is 41.9 Å². The lowest BCUT2D eigenvalue weighted by Crippen LogP contribution is -1.95. The maximum Gasteiger partial charge on any atom is 0.202 e. The van der Waals surface area contributed by atoms with Crippen LogP contribution in [0.3, 0.4) is 0 Å². The third-order valence-corrected chi connectivity index (χ3v) is 3.52. The lowest BCUT2D eigenvalue weighted by Gasteiger charge is -2.06. The van der Waals surface area contributed by atoms with Crippen molar-refractivity contribution in [2.75, 3.05) is 5.73 Å². The molecule has 0 bridgehead atoms. The van der Waals surface area contributed by atoms with E-state index in [0.29, 0.717) is 22.2 Å². The van der Waals surface area contributed by atoms with Gasteiger partial charge in [0.05, 0.1) is 16.6 Å². The molecule has 0 saturated heterocycles. The second-order valence-electron chi connectivity index (χ2n) is 4.53. The van der Waals surface area contributed by atoms with E-state index in [1.807, 2.05) is 18.2 Å². The Morgan fingerprint density at radius 1 is 1.21 bits per heavy atom. The fourth-order valence-electron chi connectivity index (χ4n) is 2.05. The first kappa shape index (κ1) is 12.1. The molecule has 3 nitrogen and oxygen atoms in total. The van der Waals surface area contributed by atoms with E-state index in [1.165, 1.54) is 0 Å². The summed E-state index contributed by atoms with van der Waals surface area (Å²) in [6.45, 7) is 2.06. The van der Waals surface area contributed by atoms with Crippen LogP contribution in [-0.2, 0) is 0 Å². The fraction of sp³-hybridized carbons (Fsp3) is 0.133. The zero-order chi connectivity index (χ0) is 13.4. The highest BCUT2D eigenvalue weighted by molar-refractivity contribution is 6.33. The van der Waals surface area contributed by atoms with Gasteiger partial charge in [-0.2, -0.15) is 0 Å². The van der Waals surface area contributed by atoms with Crippen LogP contribution in [0, 0.1) is 0 Å². The summed E-state index contributed by atoms with van der Waals surface area (Å²) in [6, 6.07) is 13.6. The van der Waals surface area contributed by atoms with Gasteiger partial charge in [-0.15, -0.1) is 0 Å². The van der Waals surface area contributed by atoms with Crippen LogP contribution in [0.25, 0.3) is 11.1 Å². The van der Waals surface area contributed by atoms with Crippen LogP contribution in [0.2, 0.25) is 5.02 Å². The van der Waals surface area contributed by atoms with Gasteiger partial charge in [0.15, 0.2) is 5.58 Å². The number of nitrogens with two attached hydrogens (primary N) is 1. The number of aromatic nitrogens is 1. The van der Waals surface area contributed by atoms with Crippen LogP contribution in [-0.4, -0.2) is 4.98 Å². The van der Waals surface area contributed by atoms with Gasteiger partial charge < -0.3 is 10.2 Å². The molecule has 2 aromatic carbocycles. The molecule has 0 amide bonds. The minimum atomic E-state index is 0.0913. The van der Waals surface area contributed by atoms with E-state index in [0.717, 1.165) is 11.1 Å². The highest BCUT2D eigenvalue weighted by Gasteiger charge is 2.16. The summed E-state index contributed by atoms with van der Waals surface area (Å²) < 4.78 is 5.77. The van der Waals surface area contributed by atoms with Crippen LogP contribution in [0.15, 0.2) is 46.9 Å². The molecule has 0 spiro atoms. The molecule has 1 heterocycles. The van der Waals surface area contributed by atoms with Crippen LogP contribution in [0.5, 0.6) is 0 Å². The molecule has 2 N–H and O–H groups in total. The standard InChI is InChI=1S/C15H13ClN2O/c1-9(10-5-3-2-4-6-10)15-18-13-7-11(16)12(17)8-14(13)19-15/h2-9H,17H2,1H3. The van der Waals surface area contributed by atoms with Crippen molar-refractivity contribution in [2.45, 2.75) is 12.8 Å². The fourth-order valence-corrected chi connectivity index (χ4v) is 2.21. The summed E-state index contributed by atoms with van der Waals surface area (Å²) >= 11 is 5.99. The van der Waals surface area contributed by atoms with E-state index in [-0.39, 0.29) is 5.92 Å². The molecule has 0 saturated carbocycles. The largest absolute Gasteiger partial charge is 0.440 e. The van der Waals surface area contributed by atoms with Crippen molar-refractivity contribution in [3.63, 3.8) is 0 Å². The van der Waals surface area contributed by atoms with Crippen molar-refractivity contribution >= 4 is 28.4 Å². The molecular formula is C15H13ClN2O. The maximum absolute atomic E-state index is 5.99. The van der Waals surface area contributed by atoms with Crippen LogP contribution >= 0.6 is 11.6 Å². The number of benzene rings is 2. The second-order valence-corrected chi connectivity index (χ2v) is 4.93. The summed E-state index contributed by atoms with van der Waals surface area (Å²) in [5.74, 6) is 0.761. The van der Waals surface area contributed by atoms with Crippen LogP contribution in [0.1, 0.15) is 24.3 Å². The number of oxazole rings is 1. The zero-order valence-electron chi connectivity index (χ0n) is 10.4. The lowest BCUT2D eigenvalue weighted by atomic mass is 10.0. The van der Waals surface area contributed by atoms with Crippen molar-refractivity contribution in [3.8, 4) is 0 Å². The van der Waals surface area contributed by atoms with E-state index >= 15 is 0 Å². The molecule has 0 aliphatic heterocycles. The van der Waals surface area contributed by atoms with E-state index in [4.69, 9.17) is 21.8 Å². The van der Waals surface area contributed by atoms with Crippen LogP contribution < -0.4 is 5.73 Å². The van der Waals surface area contributed by atoms with Gasteiger partial charge in [-0.3, -0.25) is 0 Å². The number of halogens is 1. The topological polar surface area (TPSA) is 52.0 Å². The smallest absolute Gasteiger partial charge is 0.202 e. The first-order valence-corrected chi connectivity index (χ1v) is 6.43. The maximum atomic E-state index is 5.99. The van der Waals surface area contributed by atoms with Crippen molar-refractivity contribution in [2.24, 2.45) is 0 Å². The summed E-state index contributed by atoms with van der Waals surface area (Å²) in [7, 11) is 0. The Hall–Kier alpha value is -2.00. The lowest BCUT2D eigenvalue weighted by molar-refractivity contribution is 0.512. The molecule has 1 aromatic heterocycles. The number of fused-ring (bicyclic) bond motifs is 1. The Morgan fingerprint density at radius 2 is 1.95 bits per heavy atom. The third kappa shape index (κ3) is 2.17. The number of hydrogen-bond acceptors (Lipinski definition) is 3. The van der Waals surface area contributed by atoms with Gasteiger partial charge in [0.1, 0.15) is 5.52 Å². The Kier molecular flexibility index (Phi) is 2.91. The average Bonchev–Trinajstić information content (AvgIpc) is 2.82. The normalized spacial score (nSPS) is 12.7. The van der Waals surface area contributed by atoms with Gasteiger partial charge >= 0.3 is 0 Å². The molecule has 0 fully saturated rings. The van der Waals surface area contributed by atoms with Gasteiger partial charge in [0.2, 0.25) is 5.89 Å². The molecule has 0 aliphatic carbocycles. The Morgan fingerprint density at radius 3 is 2.68 bits per heavy atom. The monoisotopic (exact) mass is 272 g/mol.